The fraction of sp³-hybridized carbons (Fsp3) is 0.583. The number of nitrogens with one attached hydrogen (secondary N) is 1. The molecule has 0 saturated carbocycles. The molecule has 0 fully saturated rings. The molecule has 1 aliphatic rings. The van der Waals surface area contributed by atoms with Crippen LogP contribution in [0.3, 0.4) is 0 Å². The average Bonchev–Trinajstić information content (AvgIpc) is 2.45. The molecule has 0 saturated heterocycles. The van der Waals surface area contributed by atoms with E-state index in [0.29, 0.717) is 12.6 Å². The maximum absolute atomic E-state index is 9.85. The topological polar surface area (TPSA) is 47.9 Å². The third-order valence-corrected chi connectivity index (χ3v) is 2.96. The Kier molecular flexibility index (Phi) is 4.55. The van der Waals surface area contributed by atoms with E-state index in [2.05, 4.69) is 30.7 Å². The standard InChI is InChI=1S/C12H21N3O/c1-5-9(3)15(6-2)12-10(4)11(16)7-13-8-14-12/h6,8-9,11,16H,2,5,7H2,1,3-4H3,(H,13,14)/t9?,11-/m1/s1. The number of hydrogen-bond donors (Lipinski definition) is 2. The van der Waals surface area contributed by atoms with Crippen LogP contribution in [0.5, 0.6) is 0 Å². The Morgan fingerprint density at radius 2 is 2.50 bits per heavy atom. The van der Waals surface area contributed by atoms with Crippen LogP contribution in [0.2, 0.25) is 0 Å². The van der Waals surface area contributed by atoms with Crippen LogP contribution in [0, 0.1) is 0 Å². The molecule has 0 aromatic heterocycles. The van der Waals surface area contributed by atoms with E-state index in [9.17, 15) is 5.11 Å². The third-order valence-electron chi connectivity index (χ3n) is 2.96. The number of rotatable bonds is 4. The molecule has 16 heavy (non-hydrogen) atoms. The van der Waals surface area contributed by atoms with Crippen molar-refractivity contribution < 1.29 is 5.11 Å². The fourth-order valence-corrected chi connectivity index (χ4v) is 1.63. The molecular formula is C12H21N3O. The van der Waals surface area contributed by atoms with Gasteiger partial charge in [0.05, 0.1) is 19.0 Å². The smallest absolute Gasteiger partial charge is 0.112 e. The highest BCUT2D eigenvalue weighted by Gasteiger charge is 2.19. The molecule has 0 aliphatic carbocycles. The minimum Gasteiger partial charge on any atom is -0.387 e. The van der Waals surface area contributed by atoms with Crippen molar-refractivity contribution in [2.75, 3.05) is 6.54 Å². The zero-order valence-corrected chi connectivity index (χ0v) is 10.3. The van der Waals surface area contributed by atoms with Crippen LogP contribution < -0.4 is 5.32 Å². The van der Waals surface area contributed by atoms with Gasteiger partial charge in [0.2, 0.25) is 0 Å². The zero-order valence-electron chi connectivity index (χ0n) is 10.3. The average molecular weight is 223 g/mol. The maximum atomic E-state index is 9.85. The minimum absolute atomic E-state index is 0.341. The summed E-state index contributed by atoms with van der Waals surface area (Å²) in [6, 6.07) is 0.341. The summed E-state index contributed by atoms with van der Waals surface area (Å²) in [6.45, 7) is 10.4. The SMILES string of the molecule is C=CN(C1=C(C)[C@H](O)CN=CN1)C(C)CC. The van der Waals surface area contributed by atoms with Gasteiger partial charge in [-0.1, -0.05) is 13.5 Å². The molecule has 0 amide bonds. The molecule has 90 valence electrons. The summed E-state index contributed by atoms with van der Waals surface area (Å²) in [5.41, 5.74) is 0.901. The van der Waals surface area contributed by atoms with Gasteiger partial charge in [0.1, 0.15) is 5.82 Å². The van der Waals surface area contributed by atoms with E-state index in [1.165, 1.54) is 0 Å². The van der Waals surface area contributed by atoms with Crippen molar-refractivity contribution in [3.05, 3.63) is 24.2 Å². The second kappa shape index (κ2) is 5.70. The number of hydrogen-bond acceptors (Lipinski definition) is 4. The Balaban J connectivity index is 3.01. The summed E-state index contributed by atoms with van der Waals surface area (Å²) in [5, 5.41) is 13.0. The van der Waals surface area contributed by atoms with Gasteiger partial charge in [-0.2, -0.15) is 0 Å². The predicted octanol–water partition coefficient (Wildman–Crippen LogP) is 1.45. The van der Waals surface area contributed by atoms with Gasteiger partial charge in [-0.25, -0.2) is 0 Å². The van der Waals surface area contributed by atoms with Gasteiger partial charge in [-0.15, -0.1) is 0 Å². The van der Waals surface area contributed by atoms with Gasteiger partial charge in [-0.05, 0) is 32.0 Å². The maximum Gasteiger partial charge on any atom is 0.112 e. The van der Waals surface area contributed by atoms with Crippen LogP contribution in [-0.2, 0) is 0 Å². The fourth-order valence-electron chi connectivity index (χ4n) is 1.63. The zero-order chi connectivity index (χ0) is 12.1. The monoisotopic (exact) mass is 223 g/mol. The molecule has 1 unspecified atom stereocenters. The Hall–Kier alpha value is -1.29. The summed E-state index contributed by atoms with van der Waals surface area (Å²) in [6.07, 6.45) is 3.91. The van der Waals surface area contributed by atoms with Crippen molar-refractivity contribution in [3.63, 3.8) is 0 Å². The highest BCUT2D eigenvalue weighted by atomic mass is 16.3. The molecule has 1 rings (SSSR count). The van der Waals surface area contributed by atoms with E-state index in [4.69, 9.17) is 0 Å². The van der Waals surface area contributed by atoms with Crippen LogP contribution in [0.15, 0.2) is 29.2 Å². The summed E-state index contributed by atoms with van der Waals surface area (Å²) < 4.78 is 0. The van der Waals surface area contributed by atoms with E-state index >= 15 is 0 Å². The second-order valence-corrected chi connectivity index (χ2v) is 4.03. The van der Waals surface area contributed by atoms with E-state index in [1.54, 1.807) is 12.5 Å². The molecule has 4 nitrogen and oxygen atoms in total. The Bertz CT molecular complexity index is 309. The second-order valence-electron chi connectivity index (χ2n) is 4.03. The van der Waals surface area contributed by atoms with Crippen molar-refractivity contribution in [2.24, 2.45) is 4.99 Å². The predicted molar refractivity (Wildman–Crippen MR) is 67.0 cm³/mol. The van der Waals surface area contributed by atoms with Gasteiger partial charge in [-0.3, -0.25) is 4.99 Å². The highest BCUT2D eigenvalue weighted by Crippen LogP contribution is 2.17. The molecular weight excluding hydrogens is 202 g/mol. The van der Waals surface area contributed by atoms with Gasteiger partial charge < -0.3 is 15.3 Å². The van der Waals surface area contributed by atoms with Crippen molar-refractivity contribution in [1.82, 2.24) is 10.2 Å². The van der Waals surface area contributed by atoms with Crippen LogP contribution >= 0.6 is 0 Å². The molecule has 0 radical (unpaired) electrons. The molecule has 2 N–H and O–H groups in total. The van der Waals surface area contributed by atoms with E-state index in [1.807, 2.05) is 11.8 Å². The number of nitrogens with zero attached hydrogens (tertiary/aromatic N) is 2. The molecule has 1 heterocycles. The van der Waals surface area contributed by atoms with E-state index in [0.717, 1.165) is 17.8 Å². The number of aliphatic imine (C=N–C) groups is 1. The van der Waals surface area contributed by atoms with Crippen molar-refractivity contribution in [1.29, 1.82) is 0 Å². The highest BCUT2D eigenvalue weighted by molar-refractivity contribution is 5.58. The summed E-state index contributed by atoms with van der Waals surface area (Å²) >= 11 is 0. The van der Waals surface area contributed by atoms with Gasteiger partial charge in [0.25, 0.3) is 0 Å². The van der Waals surface area contributed by atoms with Crippen LogP contribution in [0.4, 0.5) is 0 Å². The van der Waals surface area contributed by atoms with Crippen LogP contribution in [-0.4, -0.2) is 35.0 Å². The summed E-state index contributed by atoms with van der Waals surface area (Å²) in [7, 11) is 0. The Labute approximate surface area is 97.4 Å². The quantitative estimate of drug-likeness (QED) is 0.758. The third kappa shape index (κ3) is 2.64. The molecule has 0 bridgehead atoms. The largest absolute Gasteiger partial charge is 0.387 e. The van der Waals surface area contributed by atoms with Gasteiger partial charge >= 0.3 is 0 Å². The van der Waals surface area contributed by atoms with Gasteiger partial charge in [0, 0.05) is 6.04 Å². The number of aliphatic hydroxyl groups excluding tert-OH is 1. The normalized spacial score (nSPS) is 22.4. The first-order chi connectivity index (χ1) is 7.61. The molecule has 4 heteroatoms. The molecule has 1 aliphatic heterocycles. The van der Waals surface area contributed by atoms with Crippen molar-refractivity contribution >= 4 is 6.34 Å². The Morgan fingerprint density at radius 1 is 1.81 bits per heavy atom. The molecule has 0 aromatic carbocycles. The number of aliphatic hydroxyl groups is 1. The van der Waals surface area contributed by atoms with E-state index < -0.39 is 6.10 Å². The molecule has 0 aromatic rings. The molecule has 2 atom stereocenters. The van der Waals surface area contributed by atoms with Gasteiger partial charge in [0.15, 0.2) is 0 Å². The van der Waals surface area contributed by atoms with Crippen LogP contribution in [0.25, 0.3) is 0 Å². The lowest BCUT2D eigenvalue weighted by atomic mass is 10.1. The first-order valence-electron chi connectivity index (χ1n) is 5.66. The lowest BCUT2D eigenvalue weighted by Gasteiger charge is -2.30. The van der Waals surface area contributed by atoms with E-state index in [-0.39, 0.29) is 0 Å². The summed E-state index contributed by atoms with van der Waals surface area (Å²) in [4.78, 5) is 6.10. The summed E-state index contributed by atoms with van der Waals surface area (Å²) in [5.74, 6) is 0.887. The lowest BCUT2D eigenvalue weighted by molar-refractivity contribution is 0.213. The van der Waals surface area contributed by atoms with Crippen molar-refractivity contribution in [3.8, 4) is 0 Å². The lowest BCUT2D eigenvalue weighted by Crippen LogP contribution is -2.35. The first kappa shape index (κ1) is 12.8. The Morgan fingerprint density at radius 3 is 3.06 bits per heavy atom. The first-order valence-corrected chi connectivity index (χ1v) is 5.66. The van der Waals surface area contributed by atoms with Crippen molar-refractivity contribution in [2.45, 2.75) is 39.3 Å². The minimum atomic E-state index is -0.521. The molecule has 0 spiro atoms. The van der Waals surface area contributed by atoms with Crippen LogP contribution in [0.1, 0.15) is 27.2 Å².